The van der Waals surface area contributed by atoms with Crippen molar-refractivity contribution in [3.05, 3.63) is 59.9 Å². The molecular weight excluding hydrogens is 464 g/mol. The molecule has 1 amide bonds. The number of aliphatic hydroxyl groups excluding tert-OH is 2. The fourth-order valence-electron chi connectivity index (χ4n) is 4.15. The third kappa shape index (κ3) is 4.37. The first kappa shape index (κ1) is 23.7. The molecule has 0 bridgehead atoms. The molecule has 4 atom stereocenters. The number of carbonyl (C=O) groups is 1. The predicted octanol–water partition coefficient (Wildman–Crippen LogP) is 0.877. The first-order chi connectivity index (χ1) is 17.4. The maximum Gasteiger partial charge on any atom is 0.251 e. The molecule has 0 aliphatic carbocycles. The maximum absolute atomic E-state index is 12.1. The van der Waals surface area contributed by atoms with Gasteiger partial charge in [-0.1, -0.05) is 0 Å². The summed E-state index contributed by atoms with van der Waals surface area (Å²) in [6, 6.07) is 5.80. The van der Waals surface area contributed by atoms with Crippen LogP contribution in [-0.4, -0.2) is 71.0 Å². The lowest BCUT2D eigenvalue weighted by atomic mass is 10.1. The fourth-order valence-corrected chi connectivity index (χ4v) is 4.15. The Morgan fingerprint density at radius 2 is 1.94 bits per heavy atom. The summed E-state index contributed by atoms with van der Waals surface area (Å²) >= 11 is 0. The van der Waals surface area contributed by atoms with Gasteiger partial charge >= 0.3 is 0 Å². The van der Waals surface area contributed by atoms with Gasteiger partial charge in [0.05, 0.1) is 18.6 Å². The average Bonchev–Trinajstić information content (AvgIpc) is 3.43. The Morgan fingerprint density at radius 3 is 2.69 bits per heavy atom. The van der Waals surface area contributed by atoms with Crippen LogP contribution in [0.15, 0.2) is 43.1 Å². The van der Waals surface area contributed by atoms with Crippen molar-refractivity contribution in [3.8, 4) is 11.4 Å². The van der Waals surface area contributed by atoms with Gasteiger partial charge in [-0.05, 0) is 43.2 Å². The Kier molecular flexibility index (Phi) is 6.31. The SMILES string of the molecule is CNC(=O)C1OC(n2cnc3c(NCc4cc(C)ccn4)nc(-c4cncc(C)c4)nc32)C(O)C1O. The summed E-state index contributed by atoms with van der Waals surface area (Å²) in [5.74, 6) is 0.299. The van der Waals surface area contributed by atoms with E-state index in [0.717, 1.165) is 16.8 Å². The minimum absolute atomic E-state index is 0.356. The Morgan fingerprint density at radius 1 is 1.11 bits per heavy atom. The van der Waals surface area contributed by atoms with E-state index in [9.17, 15) is 15.0 Å². The van der Waals surface area contributed by atoms with Crippen molar-refractivity contribution in [1.82, 2.24) is 34.8 Å². The van der Waals surface area contributed by atoms with E-state index in [2.05, 4.69) is 25.6 Å². The molecule has 0 spiro atoms. The quantitative estimate of drug-likeness (QED) is 0.305. The van der Waals surface area contributed by atoms with Crippen LogP contribution < -0.4 is 10.6 Å². The van der Waals surface area contributed by atoms with Gasteiger partial charge in [0.1, 0.15) is 12.2 Å². The average molecular weight is 491 g/mol. The molecule has 0 aromatic carbocycles. The highest BCUT2D eigenvalue weighted by atomic mass is 16.6. The minimum Gasteiger partial charge on any atom is -0.387 e. The van der Waals surface area contributed by atoms with Crippen LogP contribution in [0, 0.1) is 13.8 Å². The number of imidazole rings is 1. The normalized spacial score (nSPS) is 21.6. The molecule has 4 aromatic rings. The zero-order valence-corrected chi connectivity index (χ0v) is 20.0. The van der Waals surface area contributed by atoms with E-state index in [0.29, 0.717) is 34.9 Å². The standard InChI is InChI=1S/C24H26N8O4/c1-12-4-5-27-15(7-12)10-28-21-16-22(31-20(30-21)14-6-13(2)8-26-9-14)32(11-29-16)24-18(34)17(33)19(36-24)23(35)25-3/h4-9,11,17-19,24,33-34H,10H2,1-3H3,(H,25,35)(H,28,30,31). The number of nitrogens with one attached hydrogen (secondary N) is 2. The maximum atomic E-state index is 12.1. The number of nitrogens with zero attached hydrogens (tertiary/aromatic N) is 6. The van der Waals surface area contributed by atoms with Crippen LogP contribution >= 0.6 is 0 Å². The molecular formula is C24H26N8O4. The van der Waals surface area contributed by atoms with Gasteiger partial charge in [-0.15, -0.1) is 0 Å². The fraction of sp³-hybridized carbons (Fsp3) is 0.333. The molecule has 4 N–H and O–H groups in total. The monoisotopic (exact) mass is 490 g/mol. The highest BCUT2D eigenvalue weighted by Gasteiger charge is 2.47. The van der Waals surface area contributed by atoms with Crippen LogP contribution in [0.3, 0.4) is 0 Å². The second-order valence-electron chi connectivity index (χ2n) is 8.69. The number of hydrogen-bond donors (Lipinski definition) is 4. The Labute approximate surface area is 206 Å². The van der Waals surface area contributed by atoms with Gasteiger partial charge in [0.25, 0.3) is 5.91 Å². The van der Waals surface area contributed by atoms with E-state index >= 15 is 0 Å². The van der Waals surface area contributed by atoms with E-state index < -0.39 is 30.4 Å². The molecule has 1 fully saturated rings. The van der Waals surface area contributed by atoms with Crippen molar-refractivity contribution >= 4 is 22.9 Å². The largest absolute Gasteiger partial charge is 0.387 e. The van der Waals surface area contributed by atoms with Gasteiger partial charge in [0.2, 0.25) is 0 Å². The molecule has 0 radical (unpaired) electrons. The number of carbonyl (C=O) groups excluding carboxylic acids is 1. The van der Waals surface area contributed by atoms with E-state index in [1.807, 2.05) is 32.0 Å². The summed E-state index contributed by atoms with van der Waals surface area (Å²) in [6.07, 6.45) is 1.46. The molecule has 12 nitrogen and oxygen atoms in total. The summed E-state index contributed by atoms with van der Waals surface area (Å²) in [4.78, 5) is 34.6. The highest BCUT2D eigenvalue weighted by molar-refractivity contribution is 5.85. The number of hydrogen-bond acceptors (Lipinski definition) is 10. The molecule has 4 unspecified atom stereocenters. The van der Waals surface area contributed by atoms with E-state index in [4.69, 9.17) is 14.7 Å². The molecule has 12 heteroatoms. The summed E-state index contributed by atoms with van der Waals surface area (Å²) in [5.41, 5.74) is 4.33. The lowest BCUT2D eigenvalue weighted by Gasteiger charge is -2.17. The van der Waals surface area contributed by atoms with Crippen LogP contribution in [0.5, 0.6) is 0 Å². The number of ether oxygens (including phenoxy) is 1. The van der Waals surface area contributed by atoms with Gasteiger partial charge in [0.15, 0.2) is 35.1 Å². The third-order valence-electron chi connectivity index (χ3n) is 5.98. The number of rotatable bonds is 6. The zero-order valence-electron chi connectivity index (χ0n) is 20.0. The Balaban J connectivity index is 1.58. The van der Waals surface area contributed by atoms with Crippen molar-refractivity contribution in [3.63, 3.8) is 0 Å². The molecule has 1 aliphatic heterocycles. The summed E-state index contributed by atoms with van der Waals surface area (Å²) < 4.78 is 7.24. The molecule has 1 aliphatic rings. The Hall–Kier alpha value is -4.00. The van der Waals surface area contributed by atoms with Crippen molar-refractivity contribution in [2.75, 3.05) is 12.4 Å². The second kappa shape index (κ2) is 9.57. The first-order valence-corrected chi connectivity index (χ1v) is 11.4. The number of aryl methyl sites for hydroxylation is 2. The van der Waals surface area contributed by atoms with E-state index in [-0.39, 0.29) is 0 Å². The van der Waals surface area contributed by atoms with Crippen LogP contribution in [0.1, 0.15) is 23.0 Å². The smallest absolute Gasteiger partial charge is 0.251 e. The van der Waals surface area contributed by atoms with Crippen LogP contribution in [0.2, 0.25) is 0 Å². The van der Waals surface area contributed by atoms with Gasteiger partial charge in [-0.2, -0.15) is 0 Å². The number of amides is 1. The molecule has 4 aromatic heterocycles. The highest BCUT2D eigenvalue weighted by Crippen LogP contribution is 2.33. The van der Waals surface area contributed by atoms with Crippen molar-refractivity contribution in [2.45, 2.75) is 44.9 Å². The third-order valence-corrected chi connectivity index (χ3v) is 5.98. The van der Waals surface area contributed by atoms with E-state index in [1.54, 1.807) is 18.6 Å². The van der Waals surface area contributed by atoms with Crippen LogP contribution in [0.4, 0.5) is 5.82 Å². The van der Waals surface area contributed by atoms with Crippen LogP contribution in [-0.2, 0) is 16.1 Å². The lowest BCUT2D eigenvalue weighted by molar-refractivity contribution is -0.137. The van der Waals surface area contributed by atoms with Crippen molar-refractivity contribution in [1.29, 1.82) is 0 Å². The summed E-state index contributed by atoms with van der Waals surface area (Å²) in [6.45, 7) is 4.31. The molecule has 0 saturated carbocycles. The molecule has 5 rings (SSSR count). The predicted molar refractivity (Wildman–Crippen MR) is 130 cm³/mol. The van der Waals surface area contributed by atoms with Crippen molar-refractivity contribution < 1.29 is 19.7 Å². The number of pyridine rings is 2. The number of aliphatic hydroxyl groups is 2. The molecule has 5 heterocycles. The van der Waals surface area contributed by atoms with Gasteiger partial charge < -0.3 is 25.6 Å². The second-order valence-corrected chi connectivity index (χ2v) is 8.69. The lowest BCUT2D eigenvalue weighted by Crippen LogP contribution is -2.41. The topological polar surface area (TPSA) is 160 Å². The number of fused-ring (bicyclic) bond motifs is 1. The molecule has 36 heavy (non-hydrogen) atoms. The number of aromatic nitrogens is 6. The number of likely N-dealkylation sites (N-methyl/N-ethyl adjacent to an activating group) is 1. The van der Waals surface area contributed by atoms with Crippen molar-refractivity contribution in [2.24, 2.45) is 0 Å². The number of anilines is 1. The molecule has 1 saturated heterocycles. The summed E-state index contributed by atoms with van der Waals surface area (Å²) in [5, 5.41) is 26.8. The van der Waals surface area contributed by atoms with E-state index in [1.165, 1.54) is 17.9 Å². The van der Waals surface area contributed by atoms with Gasteiger partial charge in [-0.25, -0.2) is 15.0 Å². The zero-order chi connectivity index (χ0) is 25.4. The van der Waals surface area contributed by atoms with Gasteiger partial charge in [0, 0.05) is 31.2 Å². The molecule has 186 valence electrons. The van der Waals surface area contributed by atoms with Gasteiger partial charge in [-0.3, -0.25) is 19.3 Å². The Bertz CT molecular complexity index is 1420. The summed E-state index contributed by atoms with van der Waals surface area (Å²) in [7, 11) is 1.43. The minimum atomic E-state index is -1.42. The van der Waals surface area contributed by atoms with Crippen LogP contribution in [0.25, 0.3) is 22.6 Å². The first-order valence-electron chi connectivity index (χ1n) is 11.4.